The highest BCUT2D eigenvalue weighted by atomic mass is 19.4. The van der Waals surface area contributed by atoms with E-state index in [0.717, 1.165) is 53.7 Å². The molecule has 1 fully saturated rings. The summed E-state index contributed by atoms with van der Waals surface area (Å²) in [5, 5.41) is 10.6. The highest BCUT2D eigenvalue weighted by molar-refractivity contribution is 5.86. The van der Waals surface area contributed by atoms with Crippen molar-refractivity contribution in [1.29, 1.82) is 0 Å². The Hall–Kier alpha value is -3.20. The van der Waals surface area contributed by atoms with Crippen molar-refractivity contribution < 1.29 is 17.7 Å². The summed E-state index contributed by atoms with van der Waals surface area (Å²) in [5.74, 6) is 1.29. The monoisotopic (exact) mass is 469 g/mol. The van der Waals surface area contributed by atoms with Gasteiger partial charge in [-0.2, -0.15) is 13.2 Å². The third-order valence-electron chi connectivity index (χ3n) is 6.73. The van der Waals surface area contributed by atoms with Gasteiger partial charge in [0.1, 0.15) is 11.3 Å². The lowest BCUT2D eigenvalue weighted by Crippen LogP contribution is -2.44. The predicted octanol–water partition coefficient (Wildman–Crippen LogP) is 5.16. The highest BCUT2D eigenvalue weighted by Gasteiger charge is 2.37. The number of alkyl halides is 3. The number of fused-ring (bicyclic) bond motifs is 1. The molecule has 1 aliphatic carbocycles. The molecule has 0 spiro atoms. The van der Waals surface area contributed by atoms with E-state index in [1.54, 1.807) is 0 Å². The molecule has 1 aliphatic heterocycles. The SMILES string of the molecule is Cc1noc(C)c1-c1ccc2c(c1)CC=C2c1nc(N[C@@H]2CNCC[C@@H]2C)ncc1C(F)(F)F. The summed E-state index contributed by atoms with van der Waals surface area (Å²) >= 11 is 0. The summed E-state index contributed by atoms with van der Waals surface area (Å²) in [6, 6.07) is 5.81. The van der Waals surface area contributed by atoms with Crippen LogP contribution in [0.4, 0.5) is 19.1 Å². The zero-order valence-corrected chi connectivity index (χ0v) is 19.3. The fourth-order valence-corrected chi connectivity index (χ4v) is 4.84. The van der Waals surface area contributed by atoms with Crippen LogP contribution < -0.4 is 10.6 Å². The van der Waals surface area contributed by atoms with Gasteiger partial charge in [0, 0.05) is 29.9 Å². The quantitative estimate of drug-likeness (QED) is 0.550. The second-order valence-corrected chi connectivity index (χ2v) is 9.07. The molecule has 3 aromatic rings. The molecular weight excluding hydrogens is 443 g/mol. The van der Waals surface area contributed by atoms with Crippen molar-refractivity contribution in [2.75, 3.05) is 18.4 Å². The van der Waals surface area contributed by atoms with Crippen molar-refractivity contribution in [2.24, 2.45) is 5.92 Å². The van der Waals surface area contributed by atoms with Crippen LogP contribution in [0.15, 0.2) is 35.0 Å². The smallest absolute Gasteiger partial charge is 0.361 e. The molecule has 2 atom stereocenters. The fourth-order valence-electron chi connectivity index (χ4n) is 4.84. The predicted molar refractivity (Wildman–Crippen MR) is 123 cm³/mol. The van der Waals surface area contributed by atoms with Crippen LogP contribution in [0, 0.1) is 19.8 Å². The largest absolute Gasteiger partial charge is 0.419 e. The first-order valence-corrected chi connectivity index (χ1v) is 11.4. The Morgan fingerprint density at radius 1 is 1.21 bits per heavy atom. The molecule has 2 N–H and O–H groups in total. The minimum absolute atomic E-state index is 0.0563. The second-order valence-electron chi connectivity index (χ2n) is 9.07. The van der Waals surface area contributed by atoms with Crippen LogP contribution in [-0.2, 0) is 12.6 Å². The van der Waals surface area contributed by atoms with Gasteiger partial charge >= 0.3 is 6.18 Å². The van der Waals surface area contributed by atoms with Gasteiger partial charge in [-0.3, -0.25) is 0 Å². The highest BCUT2D eigenvalue weighted by Crippen LogP contribution is 2.41. The van der Waals surface area contributed by atoms with Crippen LogP contribution in [0.1, 0.15) is 47.2 Å². The van der Waals surface area contributed by atoms with Crippen LogP contribution in [0.3, 0.4) is 0 Å². The Morgan fingerprint density at radius 3 is 2.74 bits per heavy atom. The molecule has 34 heavy (non-hydrogen) atoms. The average molecular weight is 470 g/mol. The van der Waals surface area contributed by atoms with Gasteiger partial charge in [0.25, 0.3) is 0 Å². The standard InChI is InChI=1S/C25H26F3N5O/c1-13-8-9-29-12-21(13)31-24-30-11-20(25(26,27)28)23(32-24)19-7-4-16-10-17(5-6-18(16)19)22-14(2)33-34-15(22)3/h5-7,10-11,13,21,29H,4,8-9,12H2,1-3H3,(H,30,31,32)/t13-,21+/m0/s1. The van der Waals surface area contributed by atoms with E-state index in [4.69, 9.17) is 4.52 Å². The van der Waals surface area contributed by atoms with Gasteiger partial charge in [-0.1, -0.05) is 36.4 Å². The first-order valence-electron chi connectivity index (χ1n) is 11.4. The van der Waals surface area contributed by atoms with Gasteiger partial charge in [-0.05, 0) is 55.8 Å². The van der Waals surface area contributed by atoms with Crippen molar-refractivity contribution in [2.45, 2.75) is 45.8 Å². The molecule has 2 aliphatic rings. The molecule has 0 radical (unpaired) electrons. The molecule has 9 heteroatoms. The number of allylic oxidation sites excluding steroid dienone is 1. The zero-order valence-electron chi connectivity index (χ0n) is 19.3. The molecule has 1 saturated heterocycles. The first-order chi connectivity index (χ1) is 16.2. The number of piperidine rings is 1. The Bertz CT molecular complexity index is 1240. The Kier molecular flexibility index (Phi) is 5.67. The van der Waals surface area contributed by atoms with E-state index < -0.39 is 11.7 Å². The maximum Gasteiger partial charge on any atom is 0.419 e. The molecule has 5 rings (SSSR count). The van der Waals surface area contributed by atoms with E-state index in [1.807, 2.05) is 38.1 Å². The minimum atomic E-state index is -4.56. The number of anilines is 1. The van der Waals surface area contributed by atoms with E-state index in [1.165, 1.54) is 0 Å². The summed E-state index contributed by atoms with van der Waals surface area (Å²) in [4.78, 5) is 8.40. The molecule has 0 saturated carbocycles. The number of nitrogens with one attached hydrogen (secondary N) is 2. The van der Waals surface area contributed by atoms with E-state index in [9.17, 15) is 13.2 Å². The van der Waals surface area contributed by atoms with Crippen molar-refractivity contribution in [1.82, 2.24) is 20.4 Å². The normalized spacial score (nSPS) is 20.2. The second kappa shape index (κ2) is 8.54. The van der Waals surface area contributed by atoms with E-state index >= 15 is 0 Å². The number of hydrogen-bond acceptors (Lipinski definition) is 6. The molecule has 1 aromatic carbocycles. The van der Waals surface area contributed by atoms with Crippen molar-refractivity contribution in [3.63, 3.8) is 0 Å². The van der Waals surface area contributed by atoms with Gasteiger partial charge in [-0.15, -0.1) is 0 Å². The first kappa shape index (κ1) is 22.6. The number of rotatable bonds is 4. The number of aryl methyl sites for hydroxylation is 2. The lowest BCUT2D eigenvalue weighted by molar-refractivity contribution is -0.138. The Labute approximate surface area is 195 Å². The number of benzene rings is 1. The van der Waals surface area contributed by atoms with Crippen molar-refractivity contribution in [3.05, 3.63) is 64.3 Å². The molecular formula is C25H26F3N5O. The minimum Gasteiger partial charge on any atom is -0.361 e. The maximum absolute atomic E-state index is 13.9. The van der Waals surface area contributed by atoms with Crippen molar-refractivity contribution in [3.8, 4) is 11.1 Å². The number of halogens is 3. The third kappa shape index (κ3) is 4.09. The van der Waals surface area contributed by atoms with Crippen LogP contribution in [0.5, 0.6) is 0 Å². The summed E-state index contributed by atoms with van der Waals surface area (Å²) < 4.78 is 47.0. The van der Waals surface area contributed by atoms with E-state index in [-0.39, 0.29) is 17.7 Å². The van der Waals surface area contributed by atoms with E-state index in [2.05, 4.69) is 32.7 Å². The van der Waals surface area contributed by atoms with Gasteiger partial charge in [0.15, 0.2) is 0 Å². The van der Waals surface area contributed by atoms with Crippen LogP contribution in [0.2, 0.25) is 0 Å². The Morgan fingerprint density at radius 2 is 2.03 bits per heavy atom. The number of aromatic nitrogens is 3. The lowest BCUT2D eigenvalue weighted by atomic mass is 9.95. The summed E-state index contributed by atoms with van der Waals surface area (Å²) in [5.41, 5.74) is 3.87. The molecule has 6 nitrogen and oxygen atoms in total. The lowest BCUT2D eigenvalue weighted by Gasteiger charge is -2.30. The zero-order chi connectivity index (χ0) is 24.0. The van der Waals surface area contributed by atoms with Crippen molar-refractivity contribution >= 4 is 11.5 Å². The van der Waals surface area contributed by atoms with Gasteiger partial charge in [-0.25, -0.2) is 9.97 Å². The van der Waals surface area contributed by atoms with Gasteiger partial charge < -0.3 is 15.2 Å². The summed E-state index contributed by atoms with van der Waals surface area (Å²) in [6.45, 7) is 7.49. The summed E-state index contributed by atoms with van der Waals surface area (Å²) in [6.07, 6.45) is -0.350. The van der Waals surface area contributed by atoms with Gasteiger partial charge in [0.05, 0.1) is 11.4 Å². The molecule has 0 bridgehead atoms. The Balaban J connectivity index is 1.52. The molecule has 2 aromatic heterocycles. The topological polar surface area (TPSA) is 75.9 Å². The number of hydrogen-bond donors (Lipinski definition) is 2. The molecule has 178 valence electrons. The van der Waals surface area contributed by atoms with Crippen LogP contribution in [-0.4, -0.2) is 34.3 Å². The van der Waals surface area contributed by atoms with Crippen LogP contribution in [0.25, 0.3) is 16.7 Å². The van der Waals surface area contributed by atoms with Crippen LogP contribution >= 0.6 is 0 Å². The fraction of sp³-hybridized carbons (Fsp3) is 0.400. The van der Waals surface area contributed by atoms with E-state index in [0.29, 0.717) is 23.7 Å². The van der Waals surface area contributed by atoms with Gasteiger partial charge in [0.2, 0.25) is 5.95 Å². The molecule has 0 unspecified atom stereocenters. The third-order valence-corrected chi connectivity index (χ3v) is 6.73. The number of nitrogens with zero attached hydrogens (tertiary/aromatic N) is 3. The maximum atomic E-state index is 13.9. The summed E-state index contributed by atoms with van der Waals surface area (Å²) in [7, 11) is 0. The molecule has 0 amide bonds. The molecule has 3 heterocycles. The average Bonchev–Trinajstić information content (AvgIpc) is 3.36.